The molecule has 0 saturated heterocycles. The van der Waals surface area contributed by atoms with Crippen molar-refractivity contribution >= 4 is 5.69 Å². The Bertz CT molecular complexity index is 345. The van der Waals surface area contributed by atoms with Crippen molar-refractivity contribution in [2.24, 2.45) is 0 Å². The van der Waals surface area contributed by atoms with Crippen molar-refractivity contribution in [1.29, 1.82) is 0 Å². The average Bonchev–Trinajstić information content (AvgIpc) is 2.59. The number of rotatable bonds is 11. The molecule has 1 rings (SSSR count). The molecule has 4 heteroatoms. The van der Waals surface area contributed by atoms with Gasteiger partial charge in [-0.25, -0.2) is 0 Å². The molecule has 0 amide bonds. The van der Waals surface area contributed by atoms with Gasteiger partial charge in [0.1, 0.15) is 0 Å². The number of nitrogens with two attached hydrogens (primary N) is 1. The normalized spacial score (nSPS) is 11.0. The zero-order valence-corrected chi connectivity index (χ0v) is 15.3. The van der Waals surface area contributed by atoms with Crippen LogP contribution in [0.5, 0.6) is 0 Å². The summed E-state index contributed by atoms with van der Waals surface area (Å²) in [5, 5.41) is 0. The van der Waals surface area contributed by atoms with Gasteiger partial charge in [-0.1, -0.05) is 63.6 Å². The van der Waals surface area contributed by atoms with E-state index in [2.05, 4.69) is 6.92 Å². The number of unbranched alkanes of at least 4 members (excludes halogenated alkanes) is 6. The maximum Gasteiger partial charge on any atom is 0.282 e. The van der Waals surface area contributed by atoms with Gasteiger partial charge in [0.2, 0.25) is 0 Å². The first-order valence-corrected chi connectivity index (χ1v) is 8.60. The Labute approximate surface area is 142 Å². The molecule has 0 aliphatic rings. The highest BCUT2D eigenvalue weighted by molar-refractivity contribution is 5.35. The predicted molar refractivity (Wildman–Crippen MR) is 97.2 cm³/mol. The highest BCUT2D eigenvalue weighted by Crippen LogP contribution is 2.21. The molecular weight excluding hydrogens is 290 g/mol. The lowest BCUT2D eigenvalue weighted by molar-refractivity contribution is -0.355. The van der Waals surface area contributed by atoms with Crippen molar-refractivity contribution in [2.75, 3.05) is 27.1 Å². The molecule has 0 aliphatic heterocycles. The number of methoxy groups -OCH3 is 3. The number of nitrogen functional groups attached to an aromatic ring is 1. The maximum absolute atomic E-state index is 5.36. The summed E-state index contributed by atoms with van der Waals surface area (Å²) in [5.41, 5.74) is 6.18. The van der Waals surface area contributed by atoms with Crippen LogP contribution in [0.3, 0.4) is 0 Å². The lowest BCUT2D eigenvalue weighted by Gasteiger charge is -2.28. The molecule has 0 aromatic heterocycles. The van der Waals surface area contributed by atoms with E-state index < -0.39 is 5.97 Å². The summed E-state index contributed by atoms with van der Waals surface area (Å²) >= 11 is 0. The van der Waals surface area contributed by atoms with E-state index in [-0.39, 0.29) is 0 Å². The third kappa shape index (κ3) is 11.1. The SMILES string of the molecule is CCCCCCCCCC(OC)(OC)OC.Nc1ccccc1. The van der Waals surface area contributed by atoms with E-state index in [1.165, 1.54) is 38.5 Å². The second-order valence-corrected chi connectivity index (χ2v) is 5.58. The van der Waals surface area contributed by atoms with Gasteiger partial charge in [-0.05, 0) is 18.6 Å². The van der Waals surface area contributed by atoms with Crippen molar-refractivity contribution in [3.63, 3.8) is 0 Å². The minimum absolute atomic E-state index is 0.796. The molecule has 2 N–H and O–H groups in total. The van der Waals surface area contributed by atoms with Gasteiger partial charge in [0.05, 0.1) is 0 Å². The molecule has 0 fully saturated rings. The molecule has 0 heterocycles. The summed E-state index contributed by atoms with van der Waals surface area (Å²) in [5.74, 6) is -0.830. The molecule has 134 valence electrons. The smallest absolute Gasteiger partial charge is 0.282 e. The zero-order chi connectivity index (χ0) is 17.4. The van der Waals surface area contributed by atoms with Gasteiger partial charge in [0.25, 0.3) is 5.97 Å². The topological polar surface area (TPSA) is 53.7 Å². The van der Waals surface area contributed by atoms with Crippen LogP contribution in [0.2, 0.25) is 0 Å². The predicted octanol–water partition coefficient (Wildman–Crippen LogP) is 4.99. The molecule has 23 heavy (non-hydrogen) atoms. The van der Waals surface area contributed by atoms with E-state index in [1.54, 1.807) is 21.3 Å². The van der Waals surface area contributed by atoms with Crippen LogP contribution in [0.15, 0.2) is 30.3 Å². The van der Waals surface area contributed by atoms with Crippen LogP contribution in [-0.4, -0.2) is 27.3 Å². The average molecular weight is 325 g/mol. The Morgan fingerprint density at radius 1 is 0.783 bits per heavy atom. The first-order valence-electron chi connectivity index (χ1n) is 8.60. The number of benzene rings is 1. The minimum Gasteiger partial charge on any atom is -0.399 e. The van der Waals surface area contributed by atoms with E-state index in [1.807, 2.05) is 30.3 Å². The third-order valence-electron chi connectivity index (χ3n) is 3.82. The number of ether oxygens (including phenoxy) is 3. The van der Waals surface area contributed by atoms with E-state index in [9.17, 15) is 0 Å². The molecule has 0 bridgehead atoms. The minimum atomic E-state index is -0.830. The molecule has 0 radical (unpaired) electrons. The molecule has 0 aliphatic carbocycles. The van der Waals surface area contributed by atoms with Gasteiger partial charge in [0.15, 0.2) is 0 Å². The summed E-state index contributed by atoms with van der Waals surface area (Å²) in [6, 6.07) is 9.49. The summed E-state index contributed by atoms with van der Waals surface area (Å²) in [6.07, 6.45) is 9.77. The molecule has 0 unspecified atom stereocenters. The van der Waals surface area contributed by atoms with Crippen LogP contribution < -0.4 is 5.73 Å². The second-order valence-electron chi connectivity index (χ2n) is 5.58. The number of anilines is 1. The first kappa shape index (κ1) is 21.9. The standard InChI is InChI=1S/C13H28O3.C6H7N/c1-5-6-7-8-9-10-11-12-13(14-2,15-3)16-4;7-6-4-2-1-3-5-6/h5-12H2,1-4H3;1-5H,7H2. The Balaban J connectivity index is 0.000000568. The monoisotopic (exact) mass is 325 g/mol. The molecule has 1 aromatic carbocycles. The second kappa shape index (κ2) is 14.5. The Kier molecular flexibility index (Phi) is 13.8. The Morgan fingerprint density at radius 3 is 1.65 bits per heavy atom. The van der Waals surface area contributed by atoms with E-state index >= 15 is 0 Å². The highest BCUT2D eigenvalue weighted by atomic mass is 16.9. The van der Waals surface area contributed by atoms with Crippen LogP contribution >= 0.6 is 0 Å². The van der Waals surface area contributed by atoms with Gasteiger partial charge in [-0.15, -0.1) is 0 Å². The van der Waals surface area contributed by atoms with Crippen LogP contribution in [0, 0.1) is 0 Å². The molecule has 4 nitrogen and oxygen atoms in total. The first-order chi connectivity index (χ1) is 11.1. The zero-order valence-electron chi connectivity index (χ0n) is 15.3. The van der Waals surface area contributed by atoms with Crippen molar-refractivity contribution in [1.82, 2.24) is 0 Å². The Hall–Kier alpha value is -1.10. The molecule has 1 aromatic rings. The fourth-order valence-corrected chi connectivity index (χ4v) is 2.31. The third-order valence-corrected chi connectivity index (χ3v) is 3.82. The van der Waals surface area contributed by atoms with E-state index in [4.69, 9.17) is 19.9 Å². The number of hydrogen-bond acceptors (Lipinski definition) is 4. The van der Waals surface area contributed by atoms with Crippen molar-refractivity contribution in [3.05, 3.63) is 30.3 Å². The maximum atomic E-state index is 5.36. The lowest BCUT2D eigenvalue weighted by Crippen LogP contribution is -2.35. The lowest BCUT2D eigenvalue weighted by atomic mass is 10.1. The van der Waals surface area contributed by atoms with Crippen molar-refractivity contribution in [2.45, 2.75) is 64.3 Å². The van der Waals surface area contributed by atoms with Crippen LogP contribution in [-0.2, 0) is 14.2 Å². The largest absolute Gasteiger partial charge is 0.399 e. The summed E-state index contributed by atoms with van der Waals surface area (Å²) in [7, 11) is 4.86. The van der Waals surface area contributed by atoms with Gasteiger partial charge in [-0.3, -0.25) is 0 Å². The van der Waals surface area contributed by atoms with Crippen molar-refractivity contribution < 1.29 is 14.2 Å². The van der Waals surface area contributed by atoms with E-state index in [0.29, 0.717) is 0 Å². The highest BCUT2D eigenvalue weighted by Gasteiger charge is 2.28. The van der Waals surface area contributed by atoms with Crippen LogP contribution in [0.1, 0.15) is 58.3 Å². The van der Waals surface area contributed by atoms with Gasteiger partial charge in [0, 0.05) is 33.4 Å². The van der Waals surface area contributed by atoms with Gasteiger partial charge in [-0.2, -0.15) is 0 Å². The summed E-state index contributed by atoms with van der Waals surface area (Å²) < 4.78 is 15.7. The molecule has 0 saturated carbocycles. The molecule has 0 atom stereocenters. The van der Waals surface area contributed by atoms with Crippen molar-refractivity contribution in [3.8, 4) is 0 Å². The number of para-hydroxylation sites is 1. The quantitative estimate of drug-likeness (QED) is 0.354. The van der Waals surface area contributed by atoms with Gasteiger partial charge < -0.3 is 19.9 Å². The fraction of sp³-hybridized carbons (Fsp3) is 0.684. The molecule has 0 spiro atoms. The van der Waals surface area contributed by atoms with Crippen LogP contribution in [0.25, 0.3) is 0 Å². The van der Waals surface area contributed by atoms with Crippen LogP contribution in [0.4, 0.5) is 5.69 Å². The fourth-order valence-electron chi connectivity index (χ4n) is 2.31. The van der Waals surface area contributed by atoms with Gasteiger partial charge >= 0.3 is 0 Å². The Morgan fingerprint density at radius 2 is 1.26 bits per heavy atom. The summed E-state index contributed by atoms with van der Waals surface area (Å²) in [4.78, 5) is 0. The number of hydrogen-bond donors (Lipinski definition) is 1. The molecular formula is C19H35NO3. The summed E-state index contributed by atoms with van der Waals surface area (Å²) in [6.45, 7) is 2.24. The van der Waals surface area contributed by atoms with E-state index in [0.717, 1.165) is 18.5 Å².